The van der Waals surface area contributed by atoms with Crippen molar-refractivity contribution in [3.8, 4) is 23.8 Å². The van der Waals surface area contributed by atoms with E-state index in [4.69, 9.17) is 15.9 Å². The van der Waals surface area contributed by atoms with Crippen molar-refractivity contribution in [1.82, 2.24) is 0 Å². The summed E-state index contributed by atoms with van der Waals surface area (Å²) >= 11 is 0. The molecule has 0 unspecified atom stereocenters. The molecule has 16 heavy (non-hydrogen) atoms. The van der Waals surface area contributed by atoms with Crippen LogP contribution in [-0.4, -0.2) is 19.8 Å². The second-order valence-corrected chi connectivity index (χ2v) is 3.08. The Morgan fingerprint density at radius 1 is 1.25 bits per heavy atom. The number of rotatable bonds is 6. The lowest BCUT2D eigenvalue weighted by Gasteiger charge is -2.12. The van der Waals surface area contributed by atoms with E-state index in [9.17, 15) is 0 Å². The van der Waals surface area contributed by atoms with Crippen molar-refractivity contribution >= 4 is 5.69 Å². The summed E-state index contributed by atoms with van der Waals surface area (Å²) in [5.41, 5.74) is 0.866. The first-order valence-corrected chi connectivity index (χ1v) is 5.38. The summed E-state index contributed by atoms with van der Waals surface area (Å²) < 4.78 is 10.9. The van der Waals surface area contributed by atoms with Gasteiger partial charge in [0.2, 0.25) is 0 Å². The maximum absolute atomic E-state index is 5.48. The average molecular weight is 219 g/mol. The van der Waals surface area contributed by atoms with E-state index >= 15 is 0 Å². The lowest BCUT2D eigenvalue weighted by atomic mass is 10.2. The van der Waals surface area contributed by atoms with Crippen LogP contribution in [0.1, 0.15) is 13.8 Å². The van der Waals surface area contributed by atoms with Crippen molar-refractivity contribution < 1.29 is 9.47 Å². The fraction of sp³-hybridized carbons (Fsp3) is 0.385. The fourth-order valence-corrected chi connectivity index (χ4v) is 1.33. The first kappa shape index (κ1) is 12.3. The lowest BCUT2D eigenvalue weighted by Crippen LogP contribution is -2.03. The van der Waals surface area contributed by atoms with Crippen molar-refractivity contribution in [3.05, 3.63) is 18.2 Å². The highest BCUT2D eigenvalue weighted by Crippen LogP contribution is 2.29. The Labute approximate surface area is 96.8 Å². The summed E-state index contributed by atoms with van der Waals surface area (Å²) in [6.07, 6.45) is 5.21. The Hall–Kier alpha value is -1.82. The number of hydrogen-bond donors (Lipinski definition) is 1. The Kier molecular flexibility index (Phi) is 5.07. The molecule has 0 aliphatic carbocycles. The smallest absolute Gasteiger partial charge is 0.142 e. The minimum absolute atomic E-state index is 0.468. The van der Waals surface area contributed by atoms with Crippen LogP contribution in [0.15, 0.2) is 18.2 Å². The zero-order chi connectivity index (χ0) is 11.8. The van der Waals surface area contributed by atoms with Crippen LogP contribution in [0.25, 0.3) is 0 Å². The van der Waals surface area contributed by atoms with Crippen molar-refractivity contribution in [2.24, 2.45) is 0 Å². The quantitative estimate of drug-likeness (QED) is 0.746. The first-order valence-electron chi connectivity index (χ1n) is 5.38. The van der Waals surface area contributed by atoms with E-state index in [1.807, 2.05) is 32.0 Å². The van der Waals surface area contributed by atoms with Gasteiger partial charge >= 0.3 is 0 Å². The van der Waals surface area contributed by atoms with Crippen LogP contribution in [0.4, 0.5) is 5.69 Å². The van der Waals surface area contributed by atoms with Gasteiger partial charge in [0.25, 0.3) is 0 Å². The van der Waals surface area contributed by atoms with E-state index in [-0.39, 0.29) is 0 Å². The summed E-state index contributed by atoms with van der Waals surface area (Å²) in [5.74, 6) is 4.13. The Balaban J connectivity index is 2.87. The third-order valence-corrected chi connectivity index (χ3v) is 1.94. The van der Waals surface area contributed by atoms with Crippen LogP contribution >= 0.6 is 0 Å². The Bertz CT molecular complexity index is 369. The molecule has 1 aromatic carbocycles. The lowest BCUT2D eigenvalue weighted by molar-refractivity contribution is 0.332. The molecule has 1 aromatic rings. The molecule has 0 aliphatic rings. The Morgan fingerprint density at radius 2 is 2.00 bits per heavy atom. The second kappa shape index (κ2) is 6.62. The molecule has 0 spiro atoms. The van der Waals surface area contributed by atoms with Gasteiger partial charge in [-0.3, -0.25) is 0 Å². The van der Waals surface area contributed by atoms with Crippen LogP contribution in [0.3, 0.4) is 0 Å². The maximum atomic E-state index is 5.48. The summed E-state index contributed by atoms with van der Waals surface area (Å²) in [5, 5.41) is 3.11. The van der Waals surface area contributed by atoms with E-state index in [1.54, 1.807) is 0 Å². The molecule has 0 saturated heterocycles. The molecule has 3 nitrogen and oxygen atoms in total. The van der Waals surface area contributed by atoms with Crippen molar-refractivity contribution in [2.45, 2.75) is 13.8 Å². The molecule has 0 radical (unpaired) electrons. The molecule has 0 heterocycles. The van der Waals surface area contributed by atoms with E-state index in [0.29, 0.717) is 19.8 Å². The zero-order valence-corrected chi connectivity index (χ0v) is 9.75. The normalized spacial score (nSPS) is 9.31. The monoisotopic (exact) mass is 219 g/mol. The van der Waals surface area contributed by atoms with E-state index in [2.05, 4.69) is 11.2 Å². The third kappa shape index (κ3) is 3.39. The predicted octanol–water partition coefficient (Wildman–Crippen LogP) is 2.53. The second-order valence-electron chi connectivity index (χ2n) is 3.08. The summed E-state index contributed by atoms with van der Waals surface area (Å²) in [7, 11) is 0. The first-order chi connectivity index (χ1) is 7.81. The number of anilines is 1. The highest BCUT2D eigenvalue weighted by atomic mass is 16.5. The van der Waals surface area contributed by atoms with E-state index < -0.39 is 0 Å². The minimum atomic E-state index is 0.468. The van der Waals surface area contributed by atoms with Crippen LogP contribution in [0.2, 0.25) is 0 Å². The standard InChI is InChI=1S/C13H17NO2/c1-4-9-14-12-10-11(15-5-2)7-8-13(12)16-6-3/h1,7-8,10,14H,5-6,9H2,2-3H3. The summed E-state index contributed by atoms with van der Waals surface area (Å²) in [6.45, 7) is 5.63. The molecule has 0 saturated carbocycles. The van der Waals surface area contributed by atoms with Crippen molar-refractivity contribution in [3.63, 3.8) is 0 Å². The Morgan fingerprint density at radius 3 is 2.62 bits per heavy atom. The topological polar surface area (TPSA) is 30.5 Å². The van der Waals surface area contributed by atoms with Crippen molar-refractivity contribution in [2.75, 3.05) is 25.1 Å². The highest BCUT2D eigenvalue weighted by molar-refractivity contribution is 5.60. The van der Waals surface area contributed by atoms with Crippen LogP contribution < -0.4 is 14.8 Å². The summed E-state index contributed by atoms with van der Waals surface area (Å²) in [6, 6.07) is 5.66. The fourth-order valence-electron chi connectivity index (χ4n) is 1.33. The molecule has 1 rings (SSSR count). The number of nitrogens with one attached hydrogen (secondary N) is 1. The molecule has 0 amide bonds. The van der Waals surface area contributed by atoms with Gasteiger partial charge < -0.3 is 14.8 Å². The molecular formula is C13H17NO2. The molecule has 1 N–H and O–H groups in total. The number of hydrogen-bond acceptors (Lipinski definition) is 3. The van der Waals surface area contributed by atoms with Gasteiger partial charge in [0.15, 0.2) is 0 Å². The molecule has 86 valence electrons. The van der Waals surface area contributed by atoms with Gasteiger partial charge in [0.1, 0.15) is 11.5 Å². The summed E-state index contributed by atoms with van der Waals surface area (Å²) in [4.78, 5) is 0. The van der Waals surface area contributed by atoms with Gasteiger partial charge in [0.05, 0.1) is 25.4 Å². The van der Waals surface area contributed by atoms with Gasteiger partial charge in [-0.25, -0.2) is 0 Å². The SMILES string of the molecule is C#CCNc1cc(OCC)ccc1OCC. The van der Waals surface area contributed by atoms with Gasteiger partial charge in [-0.1, -0.05) is 5.92 Å². The van der Waals surface area contributed by atoms with Crippen LogP contribution in [0.5, 0.6) is 11.5 Å². The molecule has 0 atom stereocenters. The molecule has 0 bridgehead atoms. The predicted molar refractivity (Wildman–Crippen MR) is 66.1 cm³/mol. The molecule has 0 aromatic heterocycles. The van der Waals surface area contributed by atoms with Gasteiger partial charge in [-0.15, -0.1) is 6.42 Å². The maximum Gasteiger partial charge on any atom is 0.142 e. The largest absolute Gasteiger partial charge is 0.494 e. The minimum Gasteiger partial charge on any atom is -0.494 e. The van der Waals surface area contributed by atoms with Gasteiger partial charge in [-0.2, -0.15) is 0 Å². The number of terminal acetylenes is 1. The van der Waals surface area contributed by atoms with E-state index in [0.717, 1.165) is 17.2 Å². The van der Waals surface area contributed by atoms with Crippen LogP contribution in [-0.2, 0) is 0 Å². The molecule has 0 aliphatic heterocycles. The molecule has 3 heteroatoms. The average Bonchev–Trinajstić information content (AvgIpc) is 2.30. The zero-order valence-electron chi connectivity index (χ0n) is 9.75. The van der Waals surface area contributed by atoms with Gasteiger partial charge in [-0.05, 0) is 26.0 Å². The molecular weight excluding hydrogens is 202 g/mol. The number of ether oxygens (including phenoxy) is 2. The highest BCUT2D eigenvalue weighted by Gasteiger charge is 2.04. The van der Waals surface area contributed by atoms with Crippen LogP contribution in [0, 0.1) is 12.3 Å². The third-order valence-electron chi connectivity index (χ3n) is 1.94. The number of benzene rings is 1. The van der Waals surface area contributed by atoms with Gasteiger partial charge in [0, 0.05) is 6.07 Å². The molecule has 0 fully saturated rings. The van der Waals surface area contributed by atoms with Crippen molar-refractivity contribution in [1.29, 1.82) is 0 Å². The van der Waals surface area contributed by atoms with E-state index in [1.165, 1.54) is 0 Å².